The first kappa shape index (κ1) is 26.7. The molecule has 8 nitrogen and oxygen atoms in total. The Morgan fingerprint density at radius 1 is 1.05 bits per heavy atom. The Balaban J connectivity index is 1.40. The number of benzene rings is 2. The van der Waals surface area contributed by atoms with Gasteiger partial charge in [0.15, 0.2) is 0 Å². The van der Waals surface area contributed by atoms with Gasteiger partial charge in [0.1, 0.15) is 12.4 Å². The van der Waals surface area contributed by atoms with Gasteiger partial charge in [0, 0.05) is 42.7 Å². The number of rotatable bonds is 10. The van der Waals surface area contributed by atoms with Crippen molar-refractivity contribution >= 4 is 5.91 Å². The molecule has 5 rings (SSSR count). The normalized spacial score (nSPS) is 14.3. The quantitative estimate of drug-likeness (QED) is 0.299. The minimum Gasteiger partial charge on any atom is -0.492 e. The molecule has 0 unspecified atom stereocenters. The summed E-state index contributed by atoms with van der Waals surface area (Å²) in [5.74, 6) is 0.578. The summed E-state index contributed by atoms with van der Waals surface area (Å²) in [5.41, 5.74) is 6.79. The average molecular weight is 527 g/mol. The number of ether oxygens (including phenoxy) is 1. The lowest BCUT2D eigenvalue weighted by atomic mass is 9.93. The smallest absolute Gasteiger partial charge is 0.252 e. The Morgan fingerprint density at radius 3 is 2.41 bits per heavy atom. The van der Waals surface area contributed by atoms with Crippen LogP contribution in [0.15, 0.2) is 61.2 Å². The average Bonchev–Trinajstić information content (AvgIpc) is 3.53. The summed E-state index contributed by atoms with van der Waals surface area (Å²) in [6.45, 7) is 5.34. The fourth-order valence-corrected chi connectivity index (χ4v) is 4.78. The van der Waals surface area contributed by atoms with Crippen LogP contribution in [-0.4, -0.2) is 57.6 Å². The van der Waals surface area contributed by atoms with Crippen molar-refractivity contribution in [1.29, 1.82) is 0 Å². The molecule has 4 aromatic rings. The molecular formula is C31H38N6O2. The van der Waals surface area contributed by atoms with E-state index in [-0.39, 0.29) is 11.9 Å². The highest BCUT2D eigenvalue weighted by Gasteiger charge is 2.21. The molecule has 1 fully saturated rings. The Bertz CT molecular complexity index is 1450. The van der Waals surface area contributed by atoms with E-state index in [4.69, 9.17) is 4.74 Å². The molecule has 2 aromatic heterocycles. The van der Waals surface area contributed by atoms with E-state index in [2.05, 4.69) is 49.5 Å². The SMILES string of the molecule is Cc1ccc(OCCN(C)C)cc1C(=O)N[C@H](C)c1cc(-c2cnn(C)c2)cc(-c2cnn(C3CCC3)c2)c1. The number of hydrogen-bond donors (Lipinski definition) is 1. The summed E-state index contributed by atoms with van der Waals surface area (Å²) in [4.78, 5) is 15.5. The predicted octanol–water partition coefficient (Wildman–Crippen LogP) is 5.42. The molecule has 0 aliphatic heterocycles. The van der Waals surface area contributed by atoms with Crippen molar-refractivity contribution < 1.29 is 9.53 Å². The van der Waals surface area contributed by atoms with Gasteiger partial charge in [-0.3, -0.25) is 14.2 Å². The van der Waals surface area contributed by atoms with E-state index in [1.807, 2.05) is 71.8 Å². The van der Waals surface area contributed by atoms with Crippen LogP contribution in [0.25, 0.3) is 22.3 Å². The van der Waals surface area contributed by atoms with Crippen LogP contribution < -0.4 is 10.1 Å². The third kappa shape index (κ3) is 6.23. The summed E-state index contributed by atoms with van der Waals surface area (Å²) in [5, 5.41) is 12.2. The van der Waals surface area contributed by atoms with E-state index in [0.29, 0.717) is 24.0 Å². The van der Waals surface area contributed by atoms with E-state index in [0.717, 1.165) is 39.9 Å². The second-order valence-electron chi connectivity index (χ2n) is 10.9. The third-order valence-electron chi connectivity index (χ3n) is 7.49. The Labute approximate surface area is 230 Å². The molecule has 39 heavy (non-hydrogen) atoms. The lowest BCUT2D eigenvalue weighted by Crippen LogP contribution is -2.27. The van der Waals surface area contributed by atoms with Gasteiger partial charge in [0.2, 0.25) is 0 Å². The number of nitrogens with one attached hydrogen (secondary N) is 1. The standard InChI is InChI=1S/C31H38N6O2/c1-21-9-10-29(39-12-11-35(3)4)16-30(21)31(38)34-22(2)23-13-24(26-17-32-36(5)19-26)15-25(14-23)27-18-33-37(20-27)28-7-6-8-28/h9-10,13-20,22,28H,6-8,11-12H2,1-5H3,(H,34,38)/t22-/m1/s1. The van der Waals surface area contributed by atoms with E-state index >= 15 is 0 Å². The van der Waals surface area contributed by atoms with Crippen LogP contribution in [0.3, 0.4) is 0 Å². The van der Waals surface area contributed by atoms with Crippen LogP contribution in [0.5, 0.6) is 5.75 Å². The van der Waals surface area contributed by atoms with Crippen LogP contribution in [0.1, 0.15) is 59.8 Å². The van der Waals surface area contributed by atoms with Crippen molar-refractivity contribution in [2.24, 2.45) is 7.05 Å². The molecule has 0 radical (unpaired) electrons. The number of aryl methyl sites for hydroxylation is 2. The van der Waals surface area contributed by atoms with Crippen LogP contribution >= 0.6 is 0 Å². The molecule has 1 aliphatic carbocycles. The molecule has 8 heteroatoms. The third-order valence-corrected chi connectivity index (χ3v) is 7.49. The lowest BCUT2D eigenvalue weighted by molar-refractivity contribution is 0.0938. The molecule has 0 saturated heterocycles. The van der Waals surface area contributed by atoms with Gasteiger partial charge in [-0.05, 0) is 99.8 Å². The fourth-order valence-electron chi connectivity index (χ4n) is 4.78. The van der Waals surface area contributed by atoms with Gasteiger partial charge in [0.05, 0.1) is 24.5 Å². The van der Waals surface area contributed by atoms with Crippen LogP contribution in [0.2, 0.25) is 0 Å². The maximum atomic E-state index is 13.4. The summed E-state index contributed by atoms with van der Waals surface area (Å²) < 4.78 is 9.77. The summed E-state index contributed by atoms with van der Waals surface area (Å²) in [7, 11) is 5.93. The molecule has 2 aromatic carbocycles. The van der Waals surface area contributed by atoms with E-state index in [1.54, 1.807) is 4.68 Å². The molecule has 1 N–H and O–H groups in total. The lowest BCUT2D eigenvalue weighted by Gasteiger charge is -2.25. The molecule has 1 amide bonds. The maximum Gasteiger partial charge on any atom is 0.252 e. The molecule has 0 spiro atoms. The zero-order valence-corrected chi connectivity index (χ0v) is 23.5. The van der Waals surface area contributed by atoms with Crippen molar-refractivity contribution in [3.8, 4) is 28.0 Å². The number of carbonyl (C=O) groups excluding carboxylic acids is 1. The number of carbonyl (C=O) groups is 1. The van der Waals surface area contributed by atoms with Gasteiger partial charge in [-0.2, -0.15) is 10.2 Å². The van der Waals surface area contributed by atoms with Gasteiger partial charge in [-0.1, -0.05) is 6.07 Å². The minimum absolute atomic E-state index is 0.121. The number of amides is 1. The monoisotopic (exact) mass is 526 g/mol. The van der Waals surface area contributed by atoms with Gasteiger partial charge in [-0.25, -0.2) is 0 Å². The van der Waals surface area contributed by atoms with Gasteiger partial charge < -0.3 is 15.0 Å². The van der Waals surface area contributed by atoms with Crippen molar-refractivity contribution in [2.45, 2.75) is 45.2 Å². The summed E-state index contributed by atoms with van der Waals surface area (Å²) in [6, 6.07) is 12.4. The molecule has 0 bridgehead atoms. The summed E-state index contributed by atoms with van der Waals surface area (Å²) >= 11 is 0. The molecule has 1 aliphatic rings. The Hall–Kier alpha value is -3.91. The summed E-state index contributed by atoms with van der Waals surface area (Å²) in [6.07, 6.45) is 11.6. The molecular weight excluding hydrogens is 488 g/mol. The number of nitrogens with zero attached hydrogens (tertiary/aromatic N) is 5. The highest BCUT2D eigenvalue weighted by molar-refractivity contribution is 5.96. The second-order valence-corrected chi connectivity index (χ2v) is 10.9. The number of hydrogen-bond acceptors (Lipinski definition) is 5. The predicted molar refractivity (Wildman–Crippen MR) is 154 cm³/mol. The highest BCUT2D eigenvalue weighted by atomic mass is 16.5. The minimum atomic E-state index is -0.215. The molecule has 2 heterocycles. The van der Waals surface area contributed by atoms with Crippen molar-refractivity contribution in [2.75, 3.05) is 27.2 Å². The van der Waals surface area contributed by atoms with Gasteiger partial charge >= 0.3 is 0 Å². The maximum absolute atomic E-state index is 13.4. The fraction of sp³-hybridized carbons (Fsp3) is 0.387. The van der Waals surface area contributed by atoms with Crippen molar-refractivity contribution in [3.05, 3.63) is 77.9 Å². The number of aromatic nitrogens is 4. The molecule has 1 atom stereocenters. The first-order valence-electron chi connectivity index (χ1n) is 13.6. The molecule has 1 saturated carbocycles. The van der Waals surface area contributed by atoms with E-state index < -0.39 is 0 Å². The van der Waals surface area contributed by atoms with E-state index in [1.165, 1.54) is 19.3 Å². The van der Waals surface area contributed by atoms with Gasteiger partial charge in [-0.15, -0.1) is 0 Å². The highest BCUT2D eigenvalue weighted by Crippen LogP contribution is 2.34. The largest absolute Gasteiger partial charge is 0.492 e. The Morgan fingerprint density at radius 2 is 1.77 bits per heavy atom. The first-order valence-corrected chi connectivity index (χ1v) is 13.6. The second kappa shape index (κ2) is 11.5. The number of likely N-dealkylation sites (N-methyl/N-ethyl adjacent to an activating group) is 1. The van der Waals surface area contributed by atoms with Crippen molar-refractivity contribution in [1.82, 2.24) is 29.8 Å². The van der Waals surface area contributed by atoms with Crippen LogP contribution in [0.4, 0.5) is 0 Å². The van der Waals surface area contributed by atoms with E-state index in [9.17, 15) is 4.79 Å². The van der Waals surface area contributed by atoms with Gasteiger partial charge in [0.25, 0.3) is 5.91 Å². The zero-order chi connectivity index (χ0) is 27.5. The molecule has 204 valence electrons. The van der Waals surface area contributed by atoms with Crippen LogP contribution in [0, 0.1) is 6.92 Å². The van der Waals surface area contributed by atoms with Crippen LogP contribution in [-0.2, 0) is 7.05 Å². The topological polar surface area (TPSA) is 77.2 Å². The zero-order valence-electron chi connectivity index (χ0n) is 23.5. The Kier molecular flexibility index (Phi) is 7.84. The van der Waals surface area contributed by atoms with Crippen molar-refractivity contribution in [3.63, 3.8) is 0 Å². The first-order chi connectivity index (χ1) is 18.8.